The second kappa shape index (κ2) is 13.1. The van der Waals surface area contributed by atoms with Crippen LogP contribution in [0.1, 0.15) is 26.3 Å². The zero-order valence-corrected chi connectivity index (χ0v) is 32.5. The van der Waals surface area contributed by atoms with Gasteiger partial charge in [-0.25, -0.2) is 9.97 Å². The van der Waals surface area contributed by atoms with Crippen LogP contribution in [0.2, 0.25) is 0 Å². The normalized spacial score (nSPS) is 12.9. The number of fused-ring (bicyclic) bond motifs is 7. The third-order valence-electron chi connectivity index (χ3n) is 11.4. The summed E-state index contributed by atoms with van der Waals surface area (Å²) in [6, 6.07) is 57.7. The number of para-hydroxylation sites is 3. The van der Waals surface area contributed by atoms with Crippen LogP contribution < -0.4 is 14.5 Å². The average Bonchev–Trinajstić information content (AvgIpc) is 3.91. The fraction of sp³-hybridized carbons (Fsp3) is 0.0980. The maximum absolute atomic E-state index is 6.69. The highest BCUT2D eigenvalue weighted by molar-refractivity contribution is 6.11. The molecule has 7 heteroatoms. The monoisotopic (exact) mass is 752 g/mol. The van der Waals surface area contributed by atoms with Crippen molar-refractivity contribution in [3.05, 3.63) is 182 Å². The van der Waals surface area contributed by atoms with Gasteiger partial charge in [-0.15, -0.1) is 0 Å². The van der Waals surface area contributed by atoms with Crippen LogP contribution in [0.4, 0.5) is 22.9 Å². The van der Waals surface area contributed by atoms with Gasteiger partial charge in [-0.1, -0.05) is 87.5 Å². The van der Waals surface area contributed by atoms with E-state index in [4.69, 9.17) is 14.7 Å². The Kier molecular flexibility index (Phi) is 7.66. The molecule has 0 amide bonds. The molecule has 0 bridgehead atoms. The topological polar surface area (TPSA) is 51.4 Å². The van der Waals surface area contributed by atoms with Crippen molar-refractivity contribution in [3.63, 3.8) is 0 Å². The van der Waals surface area contributed by atoms with Gasteiger partial charge in [0, 0.05) is 63.1 Å². The molecule has 0 unspecified atom stereocenters. The summed E-state index contributed by atoms with van der Waals surface area (Å²) in [5, 5.41) is 4.79. The maximum atomic E-state index is 6.69. The van der Waals surface area contributed by atoms with E-state index in [2.05, 4.69) is 191 Å². The van der Waals surface area contributed by atoms with Crippen molar-refractivity contribution in [2.24, 2.45) is 0 Å². The number of hydrogen-bond donors (Lipinski definition) is 0. The van der Waals surface area contributed by atoms with Gasteiger partial charge in [0.1, 0.15) is 24.0 Å². The zero-order chi connectivity index (χ0) is 39.0. The number of hydrogen-bond acceptors (Lipinski definition) is 5. The van der Waals surface area contributed by atoms with Crippen molar-refractivity contribution in [2.45, 2.75) is 26.2 Å². The molecule has 58 heavy (non-hydrogen) atoms. The molecule has 11 rings (SSSR count). The molecule has 0 radical (unpaired) electrons. The lowest BCUT2D eigenvalue weighted by Crippen LogP contribution is -2.24. The lowest BCUT2D eigenvalue weighted by atomic mass is 9.88. The molecule has 0 spiro atoms. The molecule has 280 valence electrons. The molecule has 0 aliphatic carbocycles. The maximum Gasteiger partial charge on any atom is 0.158 e. The largest absolute Gasteiger partial charge is 0.457 e. The Bertz CT molecular complexity index is 3190. The Morgan fingerprint density at radius 2 is 1.12 bits per heavy atom. The molecule has 10 aromatic rings. The van der Waals surface area contributed by atoms with E-state index in [0.29, 0.717) is 6.67 Å². The van der Waals surface area contributed by atoms with Crippen molar-refractivity contribution < 1.29 is 4.74 Å². The summed E-state index contributed by atoms with van der Waals surface area (Å²) >= 11 is 0. The minimum Gasteiger partial charge on any atom is -0.457 e. The summed E-state index contributed by atoms with van der Waals surface area (Å²) in [5.41, 5.74) is 10.0. The summed E-state index contributed by atoms with van der Waals surface area (Å²) in [6.07, 6.45) is 3.79. The van der Waals surface area contributed by atoms with Crippen LogP contribution >= 0.6 is 0 Å². The molecular formula is C51H40N6O. The molecule has 6 aromatic carbocycles. The molecule has 7 nitrogen and oxygen atoms in total. The van der Waals surface area contributed by atoms with Crippen molar-refractivity contribution in [2.75, 3.05) is 16.5 Å². The van der Waals surface area contributed by atoms with Gasteiger partial charge in [0.2, 0.25) is 0 Å². The molecule has 1 aliphatic heterocycles. The number of anilines is 4. The van der Waals surface area contributed by atoms with Gasteiger partial charge in [0.05, 0.1) is 27.8 Å². The first-order valence-electron chi connectivity index (χ1n) is 19.8. The fourth-order valence-electron chi connectivity index (χ4n) is 8.62. The Balaban J connectivity index is 0.951. The smallest absolute Gasteiger partial charge is 0.158 e. The molecule has 4 aromatic heterocycles. The van der Waals surface area contributed by atoms with Crippen LogP contribution in [0.25, 0.3) is 55.1 Å². The minimum atomic E-state index is -0.00400. The lowest BCUT2D eigenvalue weighted by Gasteiger charge is -2.22. The third kappa shape index (κ3) is 5.50. The summed E-state index contributed by atoms with van der Waals surface area (Å²) in [6.45, 7) is 7.30. The SMILES string of the molecule is CC(C)(C)c1ccnc(-n2c3ccccc3c3ccc(Oc4cccc(N5CN(c6ccc7c8ccccc8n(-c8ccccc8)c7c6)c6ncccc65)c4)cc32)c1. The number of ether oxygens (including phenoxy) is 1. The summed E-state index contributed by atoms with van der Waals surface area (Å²) in [7, 11) is 0. The summed E-state index contributed by atoms with van der Waals surface area (Å²) in [5.74, 6) is 3.32. The van der Waals surface area contributed by atoms with Crippen LogP contribution in [0, 0.1) is 0 Å². The van der Waals surface area contributed by atoms with Crippen LogP contribution in [-0.2, 0) is 5.41 Å². The average molecular weight is 753 g/mol. The van der Waals surface area contributed by atoms with Crippen LogP contribution in [0.3, 0.4) is 0 Å². The Labute approximate surface area is 336 Å². The van der Waals surface area contributed by atoms with E-state index in [-0.39, 0.29) is 5.41 Å². The van der Waals surface area contributed by atoms with Crippen molar-refractivity contribution in [1.29, 1.82) is 0 Å². The number of benzene rings is 6. The molecular weight excluding hydrogens is 713 g/mol. The van der Waals surface area contributed by atoms with Gasteiger partial charge >= 0.3 is 0 Å². The van der Waals surface area contributed by atoms with Crippen molar-refractivity contribution >= 4 is 66.5 Å². The highest BCUT2D eigenvalue weighted by Crippen LogP contribution is 2.45. The van der Waals surface area contributed by atoms with Crippen LogP contribution in [0.15, 0.2) is 176 Å². The van der Waals surface area contributed by atoms with Gasteiger partial charge in [0.15, 0.2) is 5.82 Å². The second-order valence-electron chi connectivity index (χ2n) is 16.0. The Hall–Kier alpha value is -7.38. The molecule has 0 N–H and O–H groups in total. The molecule has 0 saturated heterocycles. The van der Waals surface area contributed by atoms with E-state index < -0.39 is 0 Å². The van der Waals surface area contributed by atoms with Gasteiger partial charge < -0.3 is 19.1 Å². The van der Waals surface area contributed by atoms with E-state index >= 15 is 0 Å². The first-order chi connectivity index (χ1) is 28.4. The molecule has 0 atom stereocenters. The van der Waals surface area contributed by atoms with E-state index in [1.54, 1.807) is 0 Å². The third-order valence-corrected chi connectivity index (χ3v) is 11.4. The standard InChI is InChI=1S/C51H40N6O/c1-51(2,3)34-26-28-52-49(29-34)57-45-20-10-8-18-41(45)43-25-23-39(32-48(43)57)58-38-16-11-15-36(30-38)54-33-55(50-46(54)21-12-27-53-50)37-22-24-42-40-17-7-9-19-44(40)56(47(42)31-37)35-13-5-4-6-14-35/h4-32H,33H2,1-3H3. The summed E-state index contributed by atoms with van der Waals surface area (Å²) in [4.78, 5) is 14.4. The van der Waals surface area contributed by atoms with E-state index in [0.717, 1.165) is 67.8 Å². The highest BCUT2D eigenvalue weighted by atomic mass is 16.5. The highest BCUT2D eigenvalue weighted by Gasteiger charge is 2.30. The van der Waals surface area contributed by atoms with E-state index in [9.17, 15) is 0 Å². The summed E-state index contributed by atoms with van der Waals surface area (Å²) < 4.78 is 11.3. The lowest BCUT2D eigenvalue weighted by molar-refractivity contribution is 0.483. The number of pyridine rings is 2. The number of rotatable bonds is 6. The second-order valence-corrected chi connectivity index (χ2v) is 16.0. The Morgan fingerprint density at radius 3 is 1.91 bits per heavy atom. The fourth-order valence-corrected chi connectivity index (χ4v) is 8.62. The molecule has 0 fully saturated rings. The van der Waals surface area contributed by atoms with E-state index in [1.807, 2.05) is 24.5 Å². The molecule has 1 aliphatic rings. The van der Waals surface area contributed by atoms with Crippen molar-refractivity contribution in [1.82, 2.24) is 19.1 Å². The van der Waals surface area contributed by atoms with E-state index in [1.165, 1.54) is 27.2 Å². The van der Waals surface area contributed by atoms with Crippen LogP contribution in [0.5, 0.6) is 11.5 Å². The minimum absolute atomic E-state index is 0.00400. The molecule has 0 saturated carbocycles. The van der Waals surface area contributed by atoms with Crippen molar-refractivity contribution in [3.8, 4) is 23.0 Å². The first kappa shape index (κ1) is 33.9. The van der Waals surface area contributed by atoms with Gasteiger partial charge in [-0.2, -0.15) is 0 Å². The Morgan fingerprint density at radius 1 is 0.466 bits per heavy atom. The van der Waals surface area contributed by atoms with Gasteiger partial charge in [0.25, 0.3) is 0 Å². The number of nitrogens with zero attached hydrogens (tertiary/aromatic N) is 6. The first-order valence-corrected chi connectivity index (χ1v) is 19.8. The van der Waals surface area contributed by atoms with Gasteiger partial charge in [-0.3, -0.25) is 4.57 Å². The zero-order valence-electron chi connectivity index (χ0n) is 32.5. The van der Waals surface area contributed by atoms with Gasteiger partial charge in [-0.05, 0) is 95.9 Å². The number of aromatic nitrogens is 4. The predicted octanol–water partition coefficient (Wildman–Crippen LogP) is 13.0. The van der Waals surface area contributed by atoms with Crippen LogP contribution in [-0.4, -0.2) is 25.8 Å². The quantitative estimate of drug-likeness (QED) is 0.169. The molecule has 5 heterocycles. The predicted molar refractivity (Wildman–Crippen MR) is 238 cm³/mol.